The Morgan fingerprint density at radius 2 is 2.26 bits per heavy atom. The van der Waals surface area contributed by atoms with E-state index in [1.54, 1.807) is 13.0 Å². The predicted octanol–water partition coefficient (Wildman–Crippen LogP) is 2.71. The van der Waals surface area contributed by atoms with E-state index in [2.05, 4.69) is 26.5 Å². The molecule has 0 atom stereocenters. The lowest BCUT2D eigenvalue weighted by Gasteiger charge is -2.04. The van der Waals surface area contributed by atoms with Gasteiger partial charge in [-0.05, 0) is 26.0 Å². The number of ether oxygens (including phenoxy) is 1. The molecule has 19 heavy (non-hydrogen) atoms. The first-order valence-corrected chi connectivity index (χ1v) is 6.16. The molecule has 0 amide bonds. The van der Waals surface area contributed by atoms with Crippen molar-refractivity contribution in [3.8, 4) is 0 Å². The molecule has 102 valence electrons. The van der Waals surface area contributed by atoms with Gasteiger partial charge in [0.15, 0.2) is 0 Å². The number of nitro groups is 1. The number of hydrogen-bond acceptors (Lipinski definition) is 6. The summed E-state index contributed by atoms with van der Waals surface area (Å²) in [6.07, 6.45) is 0. The van der Waals surface area contributed by atoms with Crippen LogP contribution in [0, 0.1) is 10.1 Å². The third kappa shape index (κ3) is 4.32. The minimum Gasteiger partial charge on any atom is -0.461 e. The highest BCUT2D eigenvalue weighted by Gasteiger charge is 2.14. The number of nitrogens with zero attached hydrogens (tertiary/aromatic N) is 2. The number of benzene rings is 1. The number of hydrogen-bond donors (Lipinski definition) is 1. The summed E-state index contributed by atoms with van der Waals surface area (Å²) in [5.41, 5.74) is 2.62. The molecule has 0 aliphatic carbocycles. The van der Waals surface area contributed by atoms with Crippen molar-refractivity contribution >= 4 is 39.0 Å². The maximum Gasteiger partial charge on any atom is 0.354 e. The molecule has 0 aromatic heterocycles. The molecule has 1 rings (SSSR count). The predicted molar refractivity (Wildman–Crippen MR) is 74.2 cm³/mol. The fourth-order valence-corrected chi connectivity index (χ4v) is 1.52. The number of anilines is 1. The fourth-order valence-electron chi connectivity index (χ4n) is 1.18. The van der Waals surface area contributed by atoms with Gasteiger partial charge in [-0.15, -0.1) is 0 Å². The van der Waals surface area contributed by atoms with Gasteiger partial charge in [-0.3, -0.25) is 15.5 Å². The number of hydrazone groups is 1. The largest absolute Gasteiger partial charge is 0.461 e. The maximum atomic E-state index is 11.3. The molecule has 0 saturated carbocycles. The highest BCUT2D eigenvalue weighted by atomic mass is 79.9. The molecular formula is C11H12BrN3O4. The standard InChI is InChI=1S/C11H12BrN3O4/c1-3-19-11(16)7(2)13-14-9-5-4-8(12)6-10(9)15(17)18/h4-6,14H,3H2,1-2H3/b13-7-. The summed E-state index contributed by atoms with van der Waals surface area (Å²) in [5, 5.41) is 14.6. The Bertz CT molecular complexity index is 531. The topological polar surface area (TPSA) is 93.8 Å². The SMILES string of the molecule is CCOC(=O)/C(C)=N\Nc1ccc(Br)cc1[N+](=O)[O-]. The maximum absolute atomic E-state index is 11.3. The van der Waals surface area contributed by atoms with Crippen LogP contribution in [0.4, 0.5) is 11.4 Å². The Balaban J connectivity index is 2.91. The minimum atomic E-state index is -0.574. The van der Waals surface area contributed by atoms with Crippen LogP contribution in [0.15, 0.2) is 27.8 Å². The first-order valence-electron chi connectivity index (χ1n) is 5.37. The molecule has 0 radical (unpaired) electrons. The van der Waals surface area contributed by atoms with Crippen LogP contribution in [0.1, 0.15) is 13.8 Å². The minimum absolute atomic E-state index is 0.0825. The van der Waals surface area contributed by atoms with Crippen LogP contribution in [-0.4, -0.2) is 23.2 Å². The Morgan fingerprint density at radius 1 is 1.58 bits per heavy atom. The Hall–Kier alpha value is -1.96. The van der Waals surface area contributed by atoms with Gasteiger partial charge in [0.05, 0.1) is 11.5 Å². The van der Waals surface area contributed by atoms with Crippen molar-refractivity contribution in [1.29, 1.82) is 0 Å². The molecule has 1 aromatic rings. The van der Waals surface area contributed by atoms with Crippen molar-refractivity contribution < 1.29 is 14.5 Å². The van der Waals surface area contributed by atoms with E-state index in [0.29, 0.717) is 4.47 Å². The molecule has 0 aliphatic heterocycles. The van der Waals surface area contributed by atoms with E-state index in [1.165, 1.54) is 19.1 Å². The van der Waals surface area contributed by atoms with E-state index in [-0.39, 0.29) is 23.7 Å². The number of nitro benzene ring substituents is 1. The quantitative estimate of drug-likeness (QED) is 0.388. The third-order valence-electron chi connectivity index (χ3n) is 2.07. The van der Waals surface area contributed by atoms with Crippen LogP contribution in [0.3, 0.4) is 0 Å². The summed E-state index contributed by atoms with van der Waals surface area (Å²) in [5.74, 6) is -0.574. The number of esters is 1. The molecule has 0 bridgehead atoms. The van der Waals surface area contributed by atoms with E-state index in [0.717, 1.165) is 0 Å². The van der Waals surface area contributed by atoms with E-state index < -0.39 is 10.9 Å². The average Bonchev–Trinajstić information content (AvgIpc) is 2.36. The van der Waals surface area contributed by atoms with Crippen molar-refractivity contribution in [2.24, 2.45) is 5.10 Å². The molecule has 0 aliphatic rings. The second-order valence-electron chi connectivity index (χ2n) is 3.45. The van der Waals surface area contributed by atoms with Gasteiger partial charge in [-0.25, -0.2) is 4.79 Å². The van der Waals surface area contributed by atoms with Gasteiger partial charge < -0.3 is 4.74 Å². The highest BCUT2D eigenvalue weighted by molar-refractivity contribution is 9.10. The van der Waals surface area contributed by atoms with Crippen molar-refractivity contribution in [3.05, 3.63) is 32.8 Å². The summed E-state index contributed by atoms with van der Waals surface area (Å²) >= 11 is 3.15. The zero-order chi connectivity index (χ0) is 14.4. The summed E-state index contributed by atoms with van der Waals surface area (Å²) in [6, 6.07) is 4.46. The number of rotatable bonds is 5. The zero-order valence-corrected chi connectivity index (χ0v) is 11.9. The highest BCUT2D eigenvalue weighted by Crippen LogP contribution is 2.27. The van der Waals surface area contributed by atoms with Crippen LogP contribution in [0.25, 0.3) is 0 Å². The van der Waals surface area contributed by atoms with Gasteiger partial charge in [0, 0.05) is 10.5 Å². The van der Waals surface area contributed by atoms with E-state index >= 15 is 0 Å². The Labute approximate surface area is 117 Å². The summed E-state index contributed by atoms with van der Waals surface area (Å²) in [6.45, 7) is 3.37. The van der Waals surface area contributed by atoms with E-state index in [4.69, 9.17) is 4.74 Å². The van der Waals surface area contributed by atoms with Crippen molar-refractivity contribution in [2.45, 2.75) is 13.8 Å². The van der Waals surface area contributed by atoms with Gasteiger partial charge in [-0.1, -0.05) is 15.9 Å². The van der Waals surface area contributed by atoms with Gasteiger partial charge >= 0.3 is 5.97 Å². The Kier molecular flexibility index (Phi) is 5.43. The second-order valence-corrected chi connectivity index (χ2v) is 4.36. The van der Waals surface area contributed by atoms with Gasteiger partial charge in [0.1, 0.15) is 11.4 Å². The van der Waals surface area contributed by atoms with Crippen molar-refractivity contribution in [1.82, 2.24) is 0 Å². The van der Waals surface area contributed by atoms with E-state index in [1.807, 2.05) is 0 Å². The molecule has 1 N–H and O–H groups in total. The number of carbonyl (C=O) groups is 1. The third-order valence-corrected chi connectivity index (χ3v) is 2.56. The lowest BCUT2D eigenvalue weighted by Crippen LogP contribution is -2.15. The number of halogens is 1. The first-order chi connectivity index (χ1) is 8.95. The van der Waals surface area contributed by atoms with Crippen molar-refractivity contribution in [2.75, 3.05) is 12.0 Å². The Morgan fingerprint density at radius 3 is 2.84 bits per heavy atom. The number of carbonyl (C=O) groups excluding carboxylic acids is 1. The summed E-state index contributed by atoms with van der Waals surface area (Å²) < 4.78 is 5.32. The molecule has 0 saturated heterocycles. The normalized spacial score (nSPS) is 11.0. The molecule has 0 fully saturated rings. The van der Waals surface area contributed by atoms with Crippen LogP contribution < -0.4 is 5.43 Å². The van der Waals surface area contributed by atoms with Crippen LogP contribution in [-0.2, 0) is 9.53 Å². The van der Waals surface area contributed by atoms with Crippen LogP contribution >= 0.6 is 15.9 Å². The van der Waals surface area contributed by atoms with E-state index in [9.17, 15) is 14.9 Å². The molecule has 8 heteroatoms. The average molecular weight is 330 g/mol. The molecule has 1 aromatic carbocycles. The van der Waals surface area contributed by atoms with Crippen molar-refractivity contribution in [3.63, 3.8) is 0 Å². The summed E-state index contributed by atoms with van der Waals surface area (Å²) in [4.78, 5) is 21.6. The van der Waals surface area contributed by atoms with Gasteiger partial charge in [0.25, 0.3) is 5.69 Å². The van der Waals surface area contributed by atoms with Crippen LogP contribution in [0.5, 0.6) is 0 Å². The smallest absolute Gasteiger partial charge is 0.354 e. The van der Waals surface area contributed by atoms with Crippen LogP contribution in [0.2, 0.25) is 0 Å². The first kappa shape index (κ1) is 15.1. The number of nitrogens with one attached hydrogen (secondary N) is 1. The lowest BCUT2D eigenvalue weighted by molar-refractivity contribution is -0.384. The molecule has 0 spiro atoms. The summed E-state index contributed by atoms with van der Waals surface area (Å²) in [7, 11) is 0. The van der Waals surface area contributed by atoms with Gasteiger partial charge in [0.2, 0.25) is 0 Å². The molecule has 0 unspecified atom stereocenters. The molecular weight excluding hydrogens is 318 g/mol. The monoisotopic (exact) mass is 329 g/mol. The molecule has 0 heterocycles. The van der Waals surface area contributed by atoms with Gasteiger partial charge in [-0.2, -0.15) is 5.10 Å². The second kappa shape index (κ2) is 6.83. The lowest BCUT2D eigenvalue weighted by atomic mass is 10.3. The fraction of sp³-hybridized carbons (Fsp3) is 0.273. The molecule has 7 nitrogen and oxygen atoms in total. The zero-order valence-electron chi connectivity index (χ0n) is 10.3.